The molecule has 2 aromatic heterocycles. The van der Waals surface area contributed by atoms with E-state index in [4.69, 9.17) is 4.98 Å². The number of aromatic amines is 1. The Labute approximate surface area is 226 Å². The molecule has 192 valence electrons. The van der Waals surface area contributed by atoms with Gasteiger partial charge in [-0.3, -0.25) is 0 Å². The molecule has 0 bridgehead atoms. The highest BCUT2D eigenvalue weighted by Crippen LogP contribution is 2.36. The molecule has 2 aromatic carbocycles. The highest BCUT2D eigenvalue weighted by Gasteiger charge is 2.17. The highest BCUT2D eigenvalue weighted by molar-refractivity contribution is 5.99. The zero-order valence-corrected chi connectivity index (χ0v) is 22.9. The third-order valence-corrected chi connectivity index (χ3v) is 7.48. The molecule has 1 aliphatic rings. The molecular formula is C34H36N4. The molecule has 0 saturated heterocycles. The van der Waals surface area contributed by atoms with Gasteiger partial charge in [-0.15, -0.1) is 0 Å². The fourth-order valence-electron chi connectivity index (χ4n) is 5.32. The van der Waals surface area contributed by atoms with Crippen LogP contribution < -0.4 is 5.32 Å². The number of aromatic nitrogens is 2. The van der Waals surface area contributed by atoms with Crippen molar-refractivity contribution in [2.24, 2.45) is 0 Å². The van der Waals surface area contributed by atoms with Crippen LogP contribution in [0, 0.1) is 0 Å². The number of hydrogen-bond acceptors (Lipinski definition) is 3. The van der Waals surface area contributed by atoms with E-state index in [2.05, 4.69) is 84.1 Å². The van der Waals surface area contributed by atoms with Gasteiger partial charge in [-0.25, -0.2) is 4.98 Å². The molecule has 1 aliphatic carbocycles. The number of pyridine rings is 1. The van der Waals surface area contributed by atoms with Gasteiger partial charge >= 0.3 is 0 Å². The molecule has 4 nitrogen and oxygen atoms in total. The summed E-state index contributed by atoms with van der Waals surface area (Å²) in [6.45, 7) is 10.5. The van der Waals surface area contributed by atoms with Crippen LogP contribution in [0.3, 0.4) is 0 Å². The topological polar surface area (TPSA) is 44.0 Å². The molecule has 38 heavy (non-hydrogen) atoms. The number of H-pyrrole nitrogens is 1. The second-order valence-electron chi connectivity index (χ2n) is 10.0. The lowest BCUT2D eigenvalue weighted by Crippen LogP contribution is -2.09. The second kappa shape index (κ2) is 10.6. The van der Waals surface area contributed by atoms with Gasteiger partial charge in [0.1, 0.15) is 0 Å². The number of fused-ring (bicyclic) bond motifs is 2. The van der Waals surface area contributed by atoms with Crippen LogP contribution in [0.5, 0.6) is 0 Å². The molecule has 4 aromatic rings. The van der Waals surface area contributed by atoms with Crippen molar-refractivity contribution < 1.29 is 0 Å². The van der Waals surface area contributed by atoms with Crippen LogP contribution in [0.15, 0.2) is 91.7 Å². The molecule has 0 fully saturated rings. The Bertz CT molecular complexity index is 1600. The van der Waals surface area contributed by atoms with Crippen molar-refractivity contribution in [1.29, 1.82) is 0 Å². The fraction of sp³-hybridized carbons (Fsp3) is 0.206. The summed E-state index contributed by atoms with van der Waals surface area (Å²) in [4.78, 5) is 10.7. The van der Waals surface area contributed by atoms with Crippen molar-refractivity contribution in [2.75, 3.05) is 26.5 Å². The monoisotopic (exact) mass is 500 g/mol. The van der Waals surface area contributed by atoms with Crippen molar-refractivity contribution in [1.82, 2.24) is 14.9 Å². The van der Waals surface area contributed by atoms with Gasteiger partial charge in [-0.1, -0.05) is 49.6 Å². The van der Waals surface area contributed by atoms with Crippen LogP contribution in [0.1, 0.15) is 41.6 Å². The summed E-state index contributed by atoms with van der Waals surface area (Å²) < 4.78 is 0. The number of nitrogens with one attached hydrogen (secondary N) is 2. The van der Waals surface area contributed by atoms with Gasteiger partial charge in [-0.2, -0.15) is 0 Å². The number of rotatable bonds is 8. The Morgan fingerprint density at radius 2 is 1.87 bits per heavy atom. The number of hydrogen-bond donors (Lipinski definition) is 2. The first kappa shape index (κ1) is 25.3. The summed E-state index contributed by atoms with van der Waals surface area (Å²) in [5.41, 5.74) is 13.1. The van der Waals surface area contributed by atoms with Gasteiger partial charge < -0.3 is 15.2 Å². The van der Waals surface area contributed by atoms with Gasteiger partial charge in [0.25, 0.3) is 0 Å². The minimum atomic E-state index is 0.827. The molecule has 0 aliphatic heterocycles. The zero-order chi connectivity index (χ0) is 26.8. The van der Waals surface area contributed by atoms with Crippen molar-refractivity contribution in [3.05, 3.63) is 120 Å². The Morgan fingerprint density at radius 1 is 1.05 bits per heavy atom. The quantitative estimate of drug-likeness (QED) is 0.242. The lowest BCUT2D eigenvalue weighted by Gasteiger charge is -2.16. The SMILES string of the molecule is C=C/C(=C\C(=C/C)c1ccc(NC)c(C(=C)c2cc3c(-c4ccc5c(c4)CCC5)cccc3[nH]2)n1)N(C)C. The van der Waals surface area contributed by atoms with E-state index in [0.717, 1.165) is 45.1 Å². The Morgan fingerprint density at radius 3 is 2.61 bits per heavy atom. The number of nitrogens with zero attached hydrogens (tertiary/aromatic N) is 2. The van der Waals surface area contributed by atoms with Crippen molar-refractivity contribution in [3.8, 4) is 11.1 Å². The average molecular weight is 501 g/mol. The molecule has 4 heteroatoms. The van der Waals surface area contributed by atoms with E-state index in [0.29, 0.717) is 0 Å². The van der Waals surface area contributed by atoms with E-state index in [-0.39, 0.29) is 0 Å². The van der Waals surface area contributed by atoms with Crippen LogP contribution in [-0.4, -0.2) is 36.0 Å². The molecule has 0 unspecified atom stereocenters. The zero-order valence-electron chi connectivity index (χ0n) is 22.9. The molecule has 0 saturated carbocycles. The molecular weight excluding hydrogens is 464 g/mol. The summed E-state index contributed by atoms with van der Waals surface area (Å²) in [7, 11) is 5.94. The second-order valence-corrected chi connectivity index (χ2v) is 10.0. The van der Waals surface area contributed by atoms with Crippen LogP contribution in [0.4, 0.5) is 5.69 Å². The predicted molar refractivity (Wildman–Crippen MR) is 163 cm³/mol. The largest absolute Gasteiger partial charge is 0.386 e. The smallest absolute Gasteiger partial charge is 0.0955 e. The highest BCUT2D eigenvalue weighted by atomic mass is 15.1. The van der Waals surface area contributed by atoms with Crippen LogP contribution in [-0.2, 0) is 12.8 Å². The van der Waals surface area contributed by atoms with Crippen molar-refractivity contribution >= 4 is 27.7 Å². The summed E-state index contributed by atoms with van der Waals surface area (Å²) in [5, 5.41) is 4.50. The third-order valence-electron chi connectivity index (χ3n) is 7.48. The summed E-state index contributed by atoms with van der Waals surface area (Å²) in [6.07, 6.45) is 9.66. The van der Waals surface area contributed by atoms with E-state index in [9.17, 15) is 0 Å². The number of benzene rings is 2. The maximum atomic E-state index is 5.08. The number of anilines is 1. The number of allylic oxidation sites excluding steroid dienone is 4. The minimum absolute atomic E-state index is 0.827. The van der Waals surface area contributed by atoms with Crippen LogP contribution in [0.25, 0.3) is 33.2 Å². The lowest BCUT2D eigenvalue weighted by atomic mass is 9.97. The fourth-order valence-corrected chi connectivity index (χ4v) is 5.32. The van der Waals surface area contributed by atoms with E-state index in [1.807, 2.05) is 45.1 Å². The lowest BCUT2D eigenvalue weighted by molar-refractivity contribution is 0.530. The van der Waals surface area contributed by atoms with Gasteiger partial charge in [0, 0.05) is 49.0 Å². The van der Waals surface area contributed by atoms with E-state index in [1.165, 1.54) is 46.9 Å². The van der Waals surface area contributed by atoms with Crippen molar-refractivity contribution in [3.63, 3.8) is 0 Å². The van der Waals surface area contributed by atoms with E-state index < -0.39 is 0 Å². The summed E-state index contributed by atoms with van der Waals surface area (Å²) in [6, 6.07) is 19.7. The maximum Gasteiger partial charge on any atom is 0.0955 e. The molecule has 2 N–H and O–H groups in total. The number of likely N-dealkylation sites (N-methyl/N-ethyl adjacent to an activating group) is 1. The Hall–Kier alpha value is -4.31. The molecule has 2 heterocycles. The van der Waals surface area contributed by atoms with Gasteiger partial charge in [-0.05, 0) is 90.4 Å². The Balaban J connectivity index is 1.56. The molecule has 0 amide bonds. The van der Waals surface area contributed by atoms with Gasteiger partial charge in [0.05, 0.1) is 17.1 Å². The average Bonchev–Trinajstić information content (AvgIpc) is 3.59. The van der Waals surface area contributed by atoms with E-state index in [1.54, 1.807) is 0 Å². The van der Waals surface area contributed by atoms with Crippen LogP contribution in [0.2, 0.25) is 0 Å². The third kappa shape index (κ3) is 4.70. The first-order valence-electron chi connectivity index (χ1n) is 13.2. The first-order chi connectivity index (χ1) is 18.4. The predicted octanol–water partition coefficient (Wildman–Crippen LogP) is 7.86. The van der Waals surface area contributed by atoms with E-state index >= 15 is 0 Å². The molecule has 5 rings (SSSR count). The summed E-state index contributed by atoms with van der Waals surface area (Å²) in [5.74, 6) is 0. The molecule has 0 spiro atoms. The first-order valence-corrected chi connectivity index (χ1v) is 13.2. The van der Waals surface area contributed by atoms with Gasteiger partial charge in [0.15, 0.2) is 0 Å². The standard InChI is InChI=1S/C34H36N4/c1-7-23(20-27(8-2)38(5)6)30-17-18-32(35-4)34(37-30)22(3)33-21-29-28(13-10-14-31(29)36-33)26-16-15-24-11-9-12-25(24)19-26/h7-8,10,13-21,35-36H,2-3,9,11-12H2,1,4-6H3/b23-7+,27-20+. The number of aryl methyl sites for hydroxylation is 2. The van der Waals surface area contributed by atoms with Crippen molar-refractivity contribution in [2.45, 2.75) is 26.2 Å². The maximum absolute atomic E-state index is 5.08. The Kier molecular flexibility index (Phi) is 7.06. The normalized spacial score (nSPS) is 13.5. The summed E-state index contributed by atoms with van der Waals surface area (Å²) >= 11 is 0. The minimum Gasteiger partial charge on any atom is -0.386 e. The molecule has 0 atom stereocenters. The van der Waals surface area contributed by atoms with Gasteiger partial charge in [0.2, 0.25) is 0 Å². The molecule has 0 radical (unpaired) electrons. The van der Waals surface area contributed by atoms with Crippen LogP contribution >= 0.6 is 0 Å².